The number of nitrogens with zero attached hydrogens (tertiary/aromatic N) is 2. The predicted octanol–water partition coefficient (Wildman–Crippen LogP) is 1.43. The summed E-state index contributed by atoms with van der Waals surface area (Å²) in [5, 5.41) is 3.39. The van der Waals surface area contributed by atoms with Crippen LogP contribution in [0, 0.1) is 0 Å². The third-order valence-corrected chi connectivity index (χ3v) is 3.69. The molecule has 106 valence electrons. The van der Waals surface area contributed by atoms with Gasteiger partial charge in [0.15, 0.2) is 0 Å². The number of benzene rings is 1. The average Bonchev–Trinajstić information content (AvgIpc) is 2.48. The van der Waals surface area contributed by atoms with Crippen molar-refractivity contribution < 1.29 is 4.74 Å². The van der Waals surface area contributed by atoms with Gasteiger partial charge in [-0.1, -0.05) is 0 Å². The molecule has 2 rings (SSSR count). The number of anilines is 1. The minimum atomic E-state index is 0.915. The van der Waals surface area contributed by atoms with Crippen LogP contribution in [-0.4, -0.2) is 58.3 Å². The van der Waals surface area contributed by atoms with E-state index in [0.29, 0.717) is 0 Å². The predicted molar refractivity (Wildman–Crippen MR) is 80.2 cm³/mol. The molecule has 0 atom stereocenters. The molecule has 0 aromatic heterocycles. The Hall–Kier alpha value is -1.26. The molecule has 0 radical (unpaired) electrons. The third kappa shape index (κ3) is 4.40. The van der Waals surface area contributed by atoms with Gasteiger partial charge in [0, 0.05) is 45.5 Å². The number of methoxy groups -OCH3 is 1. The minimum Gasteiger partial charge on any atom is -0.497 e. The van der Waals surface area contributed by atoms with Crippen LogP contribution in [0.2, 0.25) is 0 Å². The highest BCUT2D eigenvalue weighted by molar-refractivity contribution is 5.48. The van der Waals surface area contributed by atoms with Crippen LogP contribution in [0.25, 0.3) is 0 Å². The van der Waals surface area contributed by atoms with Gasteiger partial charge in [-0.2, -0.15) is 0 Å². The quantitative estimate of drug-likeness (QED) is 0.840. The molecule has 1 aromatic carbocycles. The van der Waals surface area contributed by atoms with Gasteiger partial charge in [0.2, 0.25) is 0 Å². The Morgan fingerprint density at radius 3 is 2.53 bits per heavy atom. The molecule has 1 aliphatic rings. The Morgan fingerprint density at radius 2 is 1.89 bits per heavy atom. The molecule has 1 heterocycles. The molecule has 1 saturated heterocycles. The van der Waals surface area contributed by atoms with E-state index in [2.05, 4.69) is 34.3 Å². The first kappa shape index (κ1) is 14.2. The molecule has 4 nitrogen and oxygen atoms in total. The zero-order valence-corrected chi connectivity index (χ0v) is 12.1. The second kappa shape index (κ2) is 7.36. The molecule has 1 aliphatic heterocycles. The van der Waals surface area contributed by atoms with Crippen molar-refractivity contribution in [2.45, 2.75) is 6.42 Å². The SMILES string of the molecule is COc1ccc(N(C)CCCN2CCNCC2)cc1. The lowest BCUT2D eigenvalue weighted by Gasteiger charge is -2.28. The summed E-state index contributed by atoms with van der Waals surface area (Å²) in [5.41, 5.74) is 1.25. The fourth-order valence-corrected chi connectivity index (χ4v) is 2.43. The fourth-order valence-electron chi connectivity index (χ4n) is 2.43. The summed E-state index contributed by atoms with van der Waals surface area (Å²) < 4.78 is 5.18. The van der Waals surface area contributed by atoms with Crippen molar-refractivity contribution in [3.63, 3.8) is 0 Å². The van der Waals surface area contributed by atoms with E-state index in [-0.39, 0.29) is 0 Å². The van der Waals surface area contributed by atoms with Gasteiger partial charge in [-0.3, -0.25) is 0 Å². The molecule has 4 heteroatoms. The highest BCUT2D eigenvalue weighted by atomic mass is 16.5. The molecule has 0 spiro atoms. The lowest BCUT2D eigenvalue weighted by atomic mass is 10.2. The van der Waals surface area contributed by atoms with E-state index in [1.165, 1.54) is 31.7 Å². The van der Waals surface area contributed by atoms with Gasteiger partial charge in [0.25, 0.3) is 0 Å². The molecule has 0 saturated carbocycles. The van der Waals surface area contributed by atoms with E-state index in [0.717, 1.165) is 25.4 Å². The zero-order chi connectivity index (χ0) is 13.5. The highest BCUT2D eigenvalue weighted by Gasteiger charge is 2.09. The number of hydrogen-bond donors (Lipinski definition) is 1. The summed E-state index contributed by atoms with van der Waals surface area (Å²) >= 11 is 0. The van der Waals surface area contributed by atoms with Crippen LogP contribution in [0.15, 0.2) is 24.3 Å². The van der Waals surface area contributed by atoms with Crippen LogP contribution < -0.4 is 15.0 Å². The molecule has 19 heavy (non-hydrogen) atoms. The number of piperazine rings is 1. The van der Waals surface area contributed by atoms with Gasteiger partial charge in [-0.05, 0) is 37.2 Å². The van der Waals surface area contributed by atoms with E-state index < -0.39 is 0 Å². The molecule has 0 amide bonds. The van der Waals surface area contributed by atoms with E-state index in [9.17, 15) is 0 Å². The fraction of sp³-hybridized carbons (Fsp3) is 0.600. The Morgan fingerprint density at radius 1 is 1.21 bits per heavy atom. The molecular weight excluding hydrogens is 238 g/mol. The average molecular weight is 263 g/mol. The largest absolute Gasteiger partial charge is 0.497 e. The number of rotatable bonds is 6. The van der Waals surface area contributed by atoms with Crippen LogP contribution in [-0.2, 0) is 0 Å². The maximum atomic E-state index is 5.18. The summed E-state index contributed by atoms with van der Waals surface area (Å²) in [5.74, 6) is 0.915. The van der Waals surface area contributed by atoms with Crippen molar-refractivity contribution in [3.8, 4) is 5.75 Å². The van der Waals surface area contributed by atoms with Crippen LogP contribution >= 0.6 is 0 Å². The molecule has 0 bridgehead atoms. The monoisotopic (exact) mass is 263 g/mol. The summed E-state index contributed by atoms with van der Waals surface area (Å²) in [4.78, 5) is 4.85. The van der Waals surface area contributed by atoms with Gasteiger partial charge in [0.05, 0.1) is 7.11 Å². The minimum absolute atomic E-state index is 0.915. The topological polar surface area (TPSA) is 27.7 Å². The maximum Gasteiger partial charge on any atom is 0.119 e. The summed E-state index contributed by atoms with van der Waals surface area (Å²) in [6.07, 6.45) is 1.21. The van der Waals surface area contributed by atoms with Crippen molar-refractivity contribution in [2.24, 2.45) is 0 Å². The molecule has 1 aromatic rings. The lowest BCUT2D eigenvalue weighted by molar-refractivity contribution is 0.239. The smallest absolute Gasteiger partial charge is 0.119 e. The van der Waals surface area contributed by atoms with Crippen molar-refractivity contribution in [1.29, 1.82) is 0 Å². The van der Waals surface area contributed by atoms with Crippen LogP contribution in [0.1, 0.15) is 6.42 Å². The Balaban J connectivity index is 1.72. The lowest BCUT2D eigenvalue weighted by Crippen LogP contribution is -2.44. The van der Waals surface area contributed by atoms with E-state index >= 15 is 0 Å². The molecular formula is C15H25N3O. The molecule has 0 aliphatic carbocycles. The van der Waals surface area contributed by atoms with Crippen LogP contribution in [0.4, 0.5) is 5.69 Å². The molecule has 1 fully saturated rings. The molecule has 0 unspecified atom stereocenters. The summed E-state index contributed by atoms with van der Waals surface area (Å²) in [6, 6.07) is 8.26. The third-order valence-electron chi connectivity index (χ3n) is 3.69. The normalized spacial score (nSPS) is 16.3. The van der Waals surface area contributed by atoms with E-state index in [4.69, 9.17) is 4.74 Å². The Bertz CT molecular complexity index is 360. The van der Waals surface area contributed by atoms with Crippen LogP contribution in [0.5, 0.6) is 5.75 Å². The Labute approximate surface area is 116 Å². The second-order valence-electron chi connectivity index (χ2n) is 5.06. The van der Waals surface area contributed by atoms with Crippen molar-refractivity contribution in [2.75, 3.05) is 58.3 Å². The van der Waals surface area contributed by atoms with Gasteiger partial charge in [-0.15, -0.1) is 0 Å². The van der Waals surface area contributed by atoms with Crippen molar-refractivity contribution >= 4 is 5.69 Å². The van der Waals surface area contributed by atoms with Crippen LogP contribution in [0.3, 0.4) is 0 Å². The zero-order valence-electron chi connectivity index (χ0n) is 12.1. The van der Waals surface area contributed by atoms with Crippen molar-refractivity contribution in [3.05, 3.63) is 24.3 Å². The first-order valence-corrected chi connectivity index (χ1v) is 7.08. The van der Waals surface area contributed by atoms with E-state index in [1.54, 1.807) is 7.11 Å². The van der Waals surface area contributed by atoms with Gasteiger partial charge >= 0.3 is 0 Å². The summed E-state index contributed by atoms with van der Waals surface area (Å²) in [7, 11) is 3.85. The van der Waals surface area contributed by atoms with E-state index in [1.807, 2.05) is 12.1 Å². The number of ether oxygens (including phenoxy) is 1. The highest BCUT2D eigenvalue weighted by Crippen LogP contribution is 2.18. The van der Waals surface area contributed by atoms with Crippen molar-refractivity contribution in [1.82, 2.24) is 10.2 Å². The van der Waals surface area contributed by atoms with Gasteiger partial charge in [0.1, 0.15) is 5.75 Å². The van der Waals surface area contributed by atoms with Gasteiger partial charge < -0.3 is 19.9 Å². The first-order chi connectivity index (χ1) is 9.29. The molecule has 1 N–H and O–H groups in total. The Kier molecular flexibility index (Phi) is 5.48. The number of hydrogen-bond acceptors (Lipinski definition) is 4. The second-order valence-corrected chi connectivity index (χ2v) is 5.06. The summed E-state index contributed by atoms with van der Waals surface area (Å²) in [6.45, 7) is 6.93. The number of nitrogens with one attached hydrogen (secondary N) is 1. The van der Waals surface area contributed by atoms with Gasteiger partial charge in [-0.25, -0.2) is 0 Å². The first-order valence-electron chi connectivity index (χ1n) is 7.08. The maximum absolute atomic E-state index is 5.18. The standard InChI is InChI=1S/C15H25N3O/c1-17(14-4-6-15(19-2)7-5-14)10-3-11-18-12-8-16-9-13-18/h4-7,16H,3,8-13H2,1-2H3.